The minimum absolute atomic E-state index is 0.0147. The number of hydrogen-bond acceptors (Lipinski definition) is 2. The van der Waals surface area contributed by atoms with Gasteiger partial charge in [0.15, 0.2) is 0 Å². The van der Waals surface area contributed by atoms with Crippen LogP contribution in [0.4, 0.5) is 10.5 Å². The summed E-state index contributed by atoms with van der Waals surface area (Å²) in [6.45, 7) is 2.66. The molecule has 1 atom stereocenters. The summed E-state index contributed by atoms with van der Waals surface area (Å²) >= 11 is 6.09. The zero-order chi connectivity index (χ0) is 14.8. The topological polar surface area (TPSA) is 45.5 Å². The summed E-state index contributed by atoms with van der Waals surface area (Å²) in [5.74, 6) is 0.838. The van der Waals surface area contributed by atoms with Crippen molar-refractivity contribution >= 4 is 23.3 Å². The van der Waals surface area contributed by atoms with Gasteiger partial charge < -0.3 is 14.6 Å². The van der Waals surface area contributed by atoms with Crippen LogP contribution in [0.3, 0.4) is 0 Å². The van der Waals surface area contributed by atoms with Crippen molar-refractivity contribution in [3.8, 4) is 0 Å². The Morgan fingerprint density at radius 1 is 1.43 bits per heavy atom. The first kappa shape index (κ1) is 14.0. The zero-order valence-corrected chi connectivity index (χ0v) is 12.6. The normalized spacial score (nSPS) is 18.0. The van der Waals surface area contributed by atoms with E-state index in [0.717, 1.165) is 30.7 Å². The predicted octanol–water partition coefficient (Wildman–Crippen LogP) is 4.61. The van der Waals surface area contributed by atoms with E-state index in [1.807, 2.05) is 36.1 Å². The molecule has 0 saturated carbocycles. The van der Waals surface area contributed by atoms with Crippen LogP contribution in [-0.2, 0) is 0 Å². The molecule has 2 amide bonds. The average Bonchev–Trinajstić information content (AvgIpc) is 3.12. The number of furan rings is 1. The highest BCUT2D eigenvalue weighted by atomic mass is 35.5. The van der Waals surface area contributed by atoms with Crippen molar-refractivity contribution in [1.29, 1.82) is 0 Å². The summed E-state index contributed by atoms with van der Waals surface area (Å²) in [7, 11) is 0. The number of anilines is 1. The first-order valence-corrected chi connectivity index (χ1v) is 7.40. The fraction of sp³-hybridized carbons (Fsp3) is 0.312. The molecule has 1 saturated heterocycles. The molecular formula is C16H17ClN2O2. The highest BCUT2D eigenvalue weighted by molar-refractivity contribution is 6.31. The Hall–Kier alpha value is -1.94. The second-order valence-corrected chi connectivity index (χ2v) is 5.67. The smallest absolute Gasteiger partial charge is 0.322 e. The van der Waals surface area contributed by atoms with Gasteiger partial charge in [0.05, 0.1) is 12.3 Å². The number of carbonyl (C=O) groups excluding carboxylic acids is 1. The number of hydrogen-bond donors (Lipinski definition) is 1. The lowest BCUT2D eigenvalue weighted by atomic mass is 10.2. The Kier molecular flexibility index (Phi) is 3.88. The number of amides is 2. The van der Waals surface area contributed by atoms with E-state index < -0.39 is 0 Å². The maximum atomic E-state index is 12.4. The first-order valence-electron chi connectivity index (χ1n) is 7.02. The van der Waals surface area contributed by atoms with Gasteiger partial charge in [0.1, 0.15) is 5.76 Å². The van der Waals surface area contributed by atoms with Crippen LogP contribution in [0.5, 0.6) is 0 Å². The van der Waals surface area contributed by atoms with E-state index >= 15 is 0 Å². The number of benzene rings is 1. The molecule has 21 heavy (non-hydrogen) atoms. The molecule has 110 valence electrons. The van der Waals surface area contributed by atoms with Crippen LogP contribution in [0.1, 0.15) is 30.2 Å². The third-order valence-corrected chi connectivity index (χ3v) is 4.22. The number of urea groups is 1. The van der Waals surface area contributed by atoms with Crippen molar-refractivity contribution in [3.63, 3.8) is 0 Å². The van der Waals surface area contributed by atoms with Crippen LogP contribution in [0.25, 0.3) is 0 Å². The molecule has 2 aromatic rings. The molecule has 1 aromatic carbocycles. The molecule has 1 aromatic heterocycles. The number of nitrogens with zero attached hydrogens (tertiary/aromatic N) is 1. The number of halogens is 1. The quantitative estimate of drug-likeness (QED) is 0.880. The van der Waals surface area contributed by atoms with Crippen molar-refractivity contribution in [1.82, 2.24) is 4.90 Å². The zero-order valence-electron chi connectivity index (χ0n) is 11.8. The molecule has 1 N–H and O–H groups in total. The molecule has 0 radical (unpaired) electrons. The van der Waals surface area contributed by atoms with E-state index in [-0.39, 0.29) is 12.1 Å². The van der Waals surface area contributed by atoms with Crippen LogP contribution < -0.4 is 5.32 Å². The third-order valence-electron chi connectivity index (χ3n) is 3.81. The summed E-state index contributed by atoms with van der Waals surface area (Å²) in [5, 5.41) is 3.55. The molecule has 4 nitrogen and oxygen atoms in total. The van der Waals surface area contributed by atoms with E-state index in [2.05, 4.69) is 5.32 Å². The lowest BCUT2D eigenvalue weighted by Crippen LogP contribution is -2.34. The van der Waals surface area contributed by atoms with E-state index in [1.54, 1.807) is 12.3 Å². The van der Waals surface area contributed by atoms with E-state index in [0.29, 0.717) is 10.7 Å². The molecule has 0 bridgehead atoms. The van der Waals surface area contributed by atoms with Crippen molar-refractivity contribution in [2.75, 3.05) is 11.9 Å². The van der Waals surface area contributed by atoms with Gasteiger partial charge in [-0.3, -0.25) is 0 Å². The van der Waals surface area contributed by atoms with Gasteiger partial charge in [-0.15, -0.1) is 0 Å². The van der Waals surface area contributed by atoms with Crippen molar-refractivity contribution in [2.45, 2.75) is 25.8 Å². The Labute approximate surface area is 128 Å². The molecule has 5 heteroatoms. The van der Waals surface area contributed by atoms with Crippen LogP contribution in [-0.4, -0.2) is 17.5 Å². The largest absolute Gasteiger partial charge is 0.467 e. The lowest BCUT2D eigenvalue weighted by molar-refractivity contribution is 0.200. The third kappa shape index (κ3) is 2.90. The van der Waals surface area contributed by atoms with Crippen LogP contribution in [0.2, 0.25) is 5.02 Å². The number of likely N-dealkylation sites (tertiary alicyclic amines) is 1. The summed E-state index contributed by atoms with van der Waals surface area (Å²) in [5.41, 5.74) is 1.70. The summed E-state index contributed by atoms with van der Waals surface area (Å²) in [4.78, 5) is 14.3. The molecule has 2 heterocycles. The molecule has 1 aliphatic heterocycles. The highest BCUT2D eigenvalue weighted by Crippen LogP contribution is 2.32. The number of aryl methyl sites for hydroxylation is 1. The molecule has 0 aliphatic carbocycles. The van der Waals surface area contributed by atoms with E-state index in [9.17, 15) is 4.79 Å². The fourth-order valence-electron chi connectivity index (χ4n) is 2.65. The van der Waals surface area contributed by atoms with Gasteiger partial charge in [0.2, 0.25) is 0 Å². The second-order valence-electron chi connectivity index (χ2n) is 5.26. The van der Waals surface area contributed by atoms with E-state index in [1.165, 1.54) is 0 Å². The van der Waals surface area contributed by atoms with Crippen molar-refractivity contribution in [3.05, 3.63) is 52.9 Å². The summed E-state index contributed by atoms with van der Waals surface area (Å²) in [6.07, 6.45) is 3.55. The van der Waals surface area contributed by atoms with Crippen LogP contribution in [0.15, 0.2) is 41.0 Å². The lowest BCUT2D eigenvalue weighted by Gasteiger charge is -2.23. The monoisotopic (exact) mass is 304 g/mol. The predicted molar refractivity (Wildman–Crippen MR) is 82.6 cm³/mol. The highest BCUT2D eigenvalue weighted by Gasteiger charge is 2.31. The van der Waals surface area contributed by atoms with Gasteiger partial charge in [-0.25, -0.2) is 4.79 Å². The van der Waals surface area contributed by atoms with E-state index in [4.69, 9.17) is 16.0 Å². The molecule has 1 aliphatic rings. The Bertz CT molecular complexity index is 640. The maximum Gasteiger partial charge on any atom is 0.322 e. The number of rotatable bonds is 2. The van der Waals surface area contributed by atoms with Gasteiger partial charge in [-0.2, -0.15) is 0 Å². The minimum Gasteiger partial charge on any atom is -0.467 e. The molecular weight excluding hydrogens is 288 g/mol. The van der Waals surface area contributed by atoms with Gasteiger partial charge in [-0.05, 0) is 49.6 Å². The first-order chi connectivity index (χ1) is 10.1. The number of nitrogens with one attached hydrogen (secondary N) is 1. The van der Waals surface area contributed by atoms with Gasteiger partial charge >= 0.3 is 6.03 Å². The molecule has 1 fully saturated rings. The SMILES string of the molecule is Cc1ccc(NC(=O)N2CCCC2c2ccco2)cc1Cl. The van der Waals surface area contributed by atoms with Gasteiger partial charge in [0.25, 0.3) is 0 Å². The Balaban J connectivity index is 1.73. The maximum absolute atomic E-state index is 12.4. The second kappa shape index (κ2) is 5.82. The van der Waals surface area contributed by atoms with Gasteiger partial charge in [0, 0.05) is 17.3 Å². The van der Waals surface area contributed by atoms with Crippen LogP contribution in [0, 0.1) is 6.92 Å². The Morgan fingerprint density at radius 2 is 2.29 bits per heavy atom. The van der Waals surface area contributed by atoms with Crippen molar-refractivity contribution in [2.24, 2.45) is 0 Å². The fourth-order valence-corrected chi connectivity index (χ4v) is 2.83. The average molecular weight is 305 g/mol. The minimum atomic E-state index is -0.117. The molecule has 1 unspecified atom stereocenters. The standard InChI is InChI=1S/C16H17ClN2O2/c1-11-6-7-12(10-13(11)17)18-16(20)19-8-2-4-14(19)15-5-3-9-21-15/h3,5-7,9-10,14H,2,4,8H2,1H3,(H,18,20). The Morgan fingerprint density at radius 3 is 3.00 bits per heavy atom. The van der Waals surface area contributed by atoms with Crippen molar-refractivity contribution < 1.29 is 9.21 Å². The summed E-state index contributed by atoms with van der Waals surface area (Å²) < 4.78 is 5.44. The van der Waals surface area contributed by atoms with Gasteiger partial charge in [-0.1, -0.05) is 17.7 Å². The molecule has 3 rings (SSSR count). The van der Waals surface area contributed by atoms with Crippen LogP contribution >= 0.6 is 11.6 Å². The number of carbonyl (C=O) groups is 1. The molecule has 0 spiro atoms. The summed E-state index contributed by atoms with van der Waals surface area (Å²) in [6, 6.07) is 9.19.